The van der Waals surface area contributed by atoms with Crippen LogP contribution in [0.25, 0.3) is 0 Å². The van der Waals surface area contributed by atoms with Crippen LogP contribution >= 0.6 is 0 Å². The van der Waals surface area contributed by atoms with E-state index in [1.165, 1.54) is 0 Å². The molecule has 2 unspecified atom stereocenters. The predicted molar refractivity (Wildman–Crippen MR) is 63.7 cm³/mol. The molecule has 2 amide bonds. The number of carbonyl (C=O) groups excluding carboxylic acids is 2. The fraction of sp³-hybridized carbons (Fsp3) is 0.818. The summed E-state index contributed by atoms with van der Waals surface area (Å²) in [5.74, 6) is -0.321. The summed E-state index contributed by atoms with van der Waals surface area (Å²) in [6, 6.07) is -1.09. The largest absolute Gasteiger partial charge is 0.344 e. The molecule has 3 N–H and O–H groups in total. The summed E-state index contributed by atoms with van der Waals surface area (Å²) in [7, 11) is 1.70. The maximum absolute atomic E-state index is 11.7. The summed E-state index contributed by atoms with van der Waals surface area (Å²) < 4.78 is 0. The average molecular weight is 229 g/mol. The van der Waals surface area contributed by atoms with Crippen LogP contribution in [0.3, 0.4) is 0 Å². The molecule has 0 aliphatic heterocycles. The lowest BCUT2D eigenvalue weighted by atomic mass is 10.0. The van der Waals surface area contributed by atoms with Crippen molar-refractivity contribution in [3.63, 3.8) is 0 Å². The lowest BCUT2D eigenvalue weighted by molar-refractivity contribution is -0.135. The highest BCUT2D eigenvalue weighted by Gasteiger charge is 2.23. The Morgan fingerprint density at radius 1 is 1.31 bits per heavy atom. The molecule has 0 aliphatic carbocycles. The van der Waals surface area contributed by atoms with E-state index in [0.29, 0.717) is 6.54 Å². The van der Waals surface area contributed by atoms with Gasteiger partial charge in [-0.3, -0.25) is 9.59 Å². The first-order valence-electron chi connectivity index (χ1n) is 5.62. The molecule has 5 heteroatoms. The number of nitrogens with one attached hydrogen (secondary N) is 1. The molecule has 0 saturated heterocycles. The van der Waals surface area contributed by atoms with Crippen molar-refractivity contribution in [2.24, 2.45) is 11.7 Å². The zero-order chi connectivity index (χ0) is 12.9. The van der Waals surface area contributed by atoms with Crippen molar-refractivity contribution in [2.45, 2.75) is 39.8 Å². The number of carbonyl (C=O) groups is 2. The molecular weight excluding hydrogens is 206 g/mol. The molecule has 0 bridgehead atoms. The Morgan fingerprint density at radius 2 is 1.81 bits per heavy atom. The van der Waals surface area contributed by atoms with Crippen LogP contribution in [0.1, 0.15) is 27.7 Å². The fourth-order valence-electron chi connectivity index (χ4n) is 1.16. The summed E-state index contributed by atoms with van der Waals surface area (Å²) in [6.45, 7) is 7.91. The zero-order valence-electron chi connectivity index (χ0n) is 10.8. The van der Waals surface area contributed by atoms with Crippen LogP contribution < -0.4 is 11.1 Å². The number of hydrogen-bond acceptors (Lipinski definition) is 3. The molecule has 0 aromatic heterocycles. The SMILES string of the molecule is CCN(C)C(=O)C(C)NC(=O)C(N)C(C)C. The summed E-state index contributed by atoms with van der Waals surface area (Å²) >= 11 is 0. The molecule has 0 aliphatic rings. The number of likely N-dealkylation sites (N-methyl/N-ethyl adjacent to an activating group) is 1. The monoisotopic (exact) mass is 229 g/mol. The molecule has 2 atom stereocenters. The van der Waals surface area contributed by atoms with Gasteiger partial charge in [0.15, 0.2) is 0 Å². The van der Waals surface area contributed by atoms with Gasteiger partial charge in [-0.15, -0.1) is 0 Å². The molecule has 0 radical (unpaired) electrons. The highest BCUT2D eigenvalue weighted by atomic mass is 16.2. The van der Waals surface area contributed by atoms with Crippen molar-refractivity contribution in [3.8, 4) is 0 Å². The minimum atomic E-state index is -0.567. The first kappa shape index (κ1) is 14.9. The lowest BCUT2D eigenvalue weighted by Crippen LogP contribution is -2.51. The third-order valence-corrected chi connectivity index (χ3v) is 2.60. The second-order valence-electron chi connectivity index (χ2n) is 4.35. The number of amides is 2. The normalized spacial score (nSPS) is 14.4. The molecule has 0 saturated carbocycles. The van der Waals surface area contributed by atoms with Crippen molar-refractivity contribution in [3.05, 3.63) is 0 Å². The summed E-state index contributed by atoms with van der Waals surface area (Å²) in [5.41, 5.74) is 5.68. The zero-order valence-corrected chi connectivity index (χ0v) is 10.8. The first-order valence-corrected chi connectivity index (χ1v) is 5.62. The van der Waals surface area contributed by atoms with Crippen molar-refractivity contribution >= 4 is 11.8 Å². The third-order valence-electron chi connectivity index (χ3n) is 2.60. The number of nitrogens with zero attached hydrogens (tertiary/aromatic N) is 1. The maximum atomic E-state index is 11.7. The van der Waals surface area contributed by atoms with Crippen LogP contribution in [0.4, 0.5) is 0 Å². The standard InChI is InChI=1S/C11H23N3O2/c1-6-14(5)11(16)8(4)13-10(15)9(12)7(2)3/h7-9H,6,12H2,1-5H3,(H,13,15). The van der Waals surface area contributed by atoms with Gasteiger partial charge in [0.25, 0.3) is 0 Å². The van der Waals surface area contributed by atoms with Gasteiger partial charge >= 0.3 is 0 Å². The van der Waals surface area contributed by atoms with Gasteiger partial charge in [-0.1, -0.05) is 13.8 Å². The Hall–Kier alpha value is -1.10. The quantitative estimate of drug-likeness (QED) is 0.694. The highest BCUT2D eigenvalue weighted by Crippen LogP contribution is 1.99. The van der Waals surface area contributed by atoms with Gasteiger partial charge in [0.1, 0.15) is 6.04 Å². The van der Waals surface area contributed by atoms with E-state index in [9.17, 15) is 9.59 Å². The fourth-order valence-corrected chi connectivity index (χ4v) is 1.16. The summed E-state index contributed by atoms with van der Waals surface area (Å²) in [4.78, 5) is 24.8. The number of rotatable bonds is 5. The summed E-state index contributed by atoms with van der Waals surface area (Å²) in [6.07, 6.45) is 0. The Balaban J connectivity index is 4.29. The molecular formula is C11H23N3O2. The van der Waals surface area contributed by atoms with E-state index in [-0.39, 0.29) is 17.7 Å². The summed E-state index contributed by atoms with van der Waals surface area (Å²) in [5, 5.41) is 2.62. The molecule has 0 rings (SSSR count). The van der Waals surface area contributed by atoms with Gasteiger partial charge < -0.3 is 16.0 Å². The molecule has 16 heavy (non-hydrogen) atoms. The van der Waals surface area contributed by atoms with Crippen LogP contribution in [0.2, 0.25) is 0 Å². The van der Waals surface area contributed by atoms with E-state index >= 15 is 0 Å². The van der Waals surface area contributed by atoms with E-state index in [4.69, 9.17) is 5.73 Å². The van der Waals surface area contributed by atoms with E-state index < -0.39 is 12.1 Å². The Kier molecular flexibility index (Phi) is 6.03. The van der Waals surface area contributed by atoms with Crippen LogP contribution in [-0.4, -0.2) is 42.4 Å². The molecule has 0 fully saturated rings. The van der Waals surface area contributed by atoms with Crippen molar-refractivity contribution < 1.29 is 9.59 Å². The first-order chi connectivity index (χ1) is 7.31. The molecule has 94 valence electrons. The molecule has 0 heterocycles. The highest BCUT2D eigenvalue weighted by molar-refractivity contribution is 5.89. The van der Waals surface area contributed by atoms with E-state index in [1.807, 2.05) is 20.8 Å². The lowest BCUT2D eigenvalue weighted by Gasteiger charge is -2.23. The van der Waals surface area contributed by atoms with Crippen LogP contribution in [0.15, 0.2) is 0 Å². The predicted octanol–water partition coefficient (Wildman–Crippen LogP) is -0.0473. The van der Waals surface area contributed by atoms with Gasteiger partial charge in [0.05, 0.1) is 6.04 Å². The Labute approximate surface area is 97.4 Å². The van der Waals surface area contributed by atoms with E-state index in [0.717, 1.165) is 0 Å². The molecule has 0 aromatic carbocycles. The van der Waals surface area contributed by atoms with Gasteiger partial charge in [0, 0.05) is 13.6 Å². The second-order valence-corrected chi connectivity index (χ2v) is 4.35. The number of hydrogen-bond donors (Lipinski definition) is 2. The van der Waals surface area contributed by atoms with Crippen LogP contribution in [0, 0.1) is 5.92 Å². The van der Waals surface area contributed by atoms with Crippen LogP contribution in [0.5, 0.6) is 0 Å². The number of nitrogens with two attached hydrogens (primary N) is 1. The Morgan fingerprint density at radius 3 is 2.19 bits per heavy atom. The van der Waals surface area contributed by atoms with Crippen molar-refractivity contribution in [2.75, 3.05) is 13.6 Å². The minimum absolute atomic E-state index is 0.0613. The van der Waals surface area contributed by atoms with Crippen molar-refractivity contribution in [1.29, 1.82) is 0 Å². The molecule has 0 spiro atoms. The van der Waals surface area contributed by atoms with E-state index in [1.54, 1.807) is 18.9 Å². The Bertz CT molecular complexity index is 254. The second kappa shape index (κ2) is 6.48. The topological polar surface area (TPSA) is 75.4 Å². The van der Waals surface area contributed by atoms with E-state index in [2.05, 4.69) is 5.32 Å². The smallest absolute Gasteiger partial charge is 0.244 e. The van der Waals surface area contributed by atoms with Crippen molar-refractivity contribution in [1.82, 2.24) is 10.2 Å². The minimum Gasteiger partial charge on any atom is -0.344 e. The van der Waals surface area contributed by atoms with Crippen LogP contribution in [-0.2, 0) is 9.59 Å². The maximum Gasteiger partial charge on any atom is 0.244 e. The third kappa shape index (κ3) is 4.18. The van der Waals surface area contributed by atoms with Gasteiger partial charge in [-0.05, 0) is 19.8 Å². The van der Waals surface area contributed by atoms with Gasteiger partial charge in [-0.25, -0.2) is 0 Å². The van der Waals surface area contributed by atoms with Gasteiger partial charge in [0.2, 0.25) is 11.8 Å². The average Bonchev–Trinajstić information content (AvgIpc) is 2.25. The molecule has 0 aromatic rings. The van der Waals surface area contributed by atoms with Gasteiger partial charge in [-0.2, -0.15) is 0 Å². The molecule has 5 nitrogen and oxygen atoms in total.